The second-order valence-corrected chi connectivity index (χ2v) is 12.6. The Bertz CT molecular complexity index is 1100. The minimum absolute atomic E-state index is 0.0609. The summed E-state index contributed by atoms with van der Waals surface area (Å²) in [5.41, 5.74) is 11.1. The molecule has 6 amide bonds. The lowest BCUT2D eigenvalue weighted by molar-refractivity contribution is -0.157. The fourth-order valence-corrected chi connectivity index (χ4v) is 5.17. The van der Waals surface area contributed by atoms with Gasteiger partial charge in [0.15, 0.2) is 0 Å². The fourth-order valence-electron chi connectivity index (χ4n) is 5.17. The molecule has 0 unspecified atom stereocenters. The van der Waals surface area contributed by atoms with E-state index in [2.05, 4.69) is 21.3 Å². The summed E-state index contributed by atoms with van der Waals surface area (Å²) in [6.07, 6.45) is 1.16. The van der Waals surface area contributed by atoms with Gasteiger partial charge in [0.1, 0.15) is 36.8 Å². The number of aliphatic hydroxyl groups is 1. The van der Waals surface area contributed by atoms with Crippen molar-refractivity contribution in [2.75, 3.05) is 20.1 Å². The zero-order valence-electron chi connectivity index (χ0n) is 28.5. The highest BCUT2D eigenvalue weighted by molar-refractivity contribution is 5.96. The number of hydrogen-bond donors (Lipinski definition) is 7. The van der Waals surface area contributed by atoms with Crippen LogP contribution in [-0.4, -0.2) is 108 Å². The largest absolute Gasteiger partial charge is 0.460 e. The maximum atomic E-state index is 13.8. The molecule has 47 heavy (non-hydrogen) atoms. The van der Waals surface area contributed by atoms with Gasteiger partial charge in [0, 0.05) is 20.0 Å². The minimum atomic E-state index is -1.54. The Hall–Kier alpha value is -3.79. The van der Waals surface area contributed by atoms with Crippen LogP contribution in [0.5, 0.6) is 0 Å². The summed E-state index contributed by atoms with van der Waals surface area (Å²) in [7, 11) is 1.45. The van der Waals surface area contributed by atoms with Crippen LogP contribution in [-0.2, 0) is 38.3 Å². The molecule has 1 saturated heterocycles. The Kier molecular flexibility index (Phi) is 17.9. The average molecular weight is 670 g/mol. The third-order valence-corrected chi connectivity index (χ3v) is 8.04. The van der Waals surface area contributed by atoms with Crippen molar-refractivity contribution in [1.82, 2.24) is 26.2 Å². The van der Waals surface area contributed by atoms with E-state index in [1.807, 2.05) is 20.8 Å². The van der Waals surface area contributed by atoms with E-state index in [0.29, 0.717) is 12.8 Å². The molecule has 9 N–H and O–H groups in total. The number of nitrogens with two attached hydrogens (primary N) is 2. The summed E-state index contributed by atoms with van der Waals surface area (Å²) >= 11 is 0. The van der Waals surface area contributed by atoms with Gasteiger partial charge in [-0.25, -0.2) is 0 Å². The van der Waals surface area contributed by atoms with Gasteiger partial charge in [0.05, 0.1) is 12.0 Å². The predicted molar refractivity (Wildman–Crippen MR) is 172 cm³/mol. The molecular formula is C31H55N7O9. The van der Waals surface area contributed by atoms with Gasteiger partial charge in [-0.2, -0.15) is 0 Å². The van der Waals surface area contributed by atoms with Gasteiger partial charge in [-0.05, 0) is 38.5 Å². The van der Waals surface area contributed by atoms with Crippen molar-refractivity contribution in [3.63, 3.8) is 0 Å². The van der Waals surface area contributed by atoms with Crippen molar-refractivity contribution >= 4 is 41.4 Å². The van der Waals surface area contributed by atoms with Gasteiger partial charge in [-0.3, -0.25) is 33.6 Å². The number of carbonyl (C=O) groups excluding carboxylic acids is 7. The number of ether oxygens (including phenoxy) is 1. The van der Waals surface area contributed by atoms with Gasteiger partial charge in [-0.1, -0.05) is 47.0 Å². The highest BCUT2D eigenvalue weighted by Gasteiger charge is 2.37. The number of carbonyl (C=O) groups is 7. The Morgan fingerprint density at radius 2 is 1.55 bits per heavy atom. The van der Waals surface area contributed by atoms with Crippen LogP contribution in [0.3, 0.4) is 0 Å². The molecule has 16 nitrogen and oxygen atoms in total. The predicted octanol–water partition coefficient (Wildman–Crippen LogP) is -1.43. The molecule has 1 rings (SSSR count). The molecule has 0 aromatic carbocycles. The minimum Gasteiger partial charge on any atom is -0.460 e. The van der Waals surface area contributed by atoms with Crippen molar-refractivity contribution in [3.05, 3.63) is 0 Å². The van der Waals surface area contributed by atoms with Crippen molar-refractivity contribution in [2.45, 2.75) is 122 Å². The first-order valence-electron chi connectivity index (χ1n) is 16.3. The number of rotatable bonds is 12. The van der Waals surface area contributed by atoms with Crippen LogP contribution in [0.1, 0.15) is 86.0 Å². The third-order valence-electron chi connectivity index (χ3n) is 8.04. The SMILES string of the molecule is CCCCCC[C@H]1OC(=O)CNC(=O)[C@H]([C@H](C)O)NC(=O)[C@H](CN)NC(=O)[C@H](CCC(N)=O)NC(=O)[C@H](CC(C)C)N(C)C(=O)[C@@H]1C. The topological polar surface area (TPSA) is 252 Å². The molecule has 16 heteroatoms. The van der Waals surface area contributed by atoms with E-state index in [0.717, 1.165) is 19.3 Å². The summed E-state index contributed by atoms with van der Waals surface area (Å²) in [6, 6.07) is -5.35. The normalized spacial score (nSPS) is 26.6. The number of cyclic esters (lactones) is 1. The van der Waals surface area contributed by atoms with E-state index in [-0.39, 0.29) is 25.2 Å². The standard InChI is InChI=1S/C31H55N7O9/c1-7-8-9-10-11-23-18(4)31(46)38(6)22(14-17(2)3)29(44)35-20(12-13-24(33)40)27(42)36-21(15-32)28(43)37-26(19(5)39)30(45)34-16-25(41)47-23/h17-23,26,39H,7-16,32H2,1-6H3,(H2,33,40)(H,34,45)(H,35,44)(H,36,42)(H,37,43)/t18-,19+,20+,21+,22+,23-,26+/m1/s1. The molecule has 0 radical (unpaired) electrons. The lowest BCUT2D eigenvalue weighted by Gasteiger charge is -2.34. The zero-order chi connectivity index (χ0) is 35.8. The van der Waals surface area contributed by atoms with Gasteiger partial charge >= 0.3 is 5.97 Å². The number of hydrogen-bond acceptors (Lipinski definition) is 10. The molecule has 268 valence electrons. The molecule has 0 bridgehead atoms. The quantitative estimate of drug-likeness (QED) is 0.0942. The van der Waals surface area contributed by atoms with E-state index in [1.54, 1.807) is 6.92 Å². The Labute approximate surface area is 276 Å². The summed E-state index contributed by atoms with van der Waals surface area (Å²) in [6.45, 7) is 7.56. The van der Waals surface area contributed by atoms with E-state index in [1.165, 1.54) is 18.9 Å². The van der Waals surface area contributed by atoms with Crippen LogP contribution in [0.2, 0.25) is 0 Å². The van der Waals surface area contributed by atoms with Crippen LogP contribution in [0.15, 0.2) is 0 Å². The second kappa shape index (κ2) is 20.4. The number of likely N-dealkylation sites (N-methyl/N-ethyl adjacent to an activating group) is 1. The monoisotopic (exact) mass is 669 g/mol. The van der Waals surface area contributed by atoms with E-state index >= 15 is 0 Å². The lowest BCUT2D eigenvalue weighted by Crippen LogP contribution is -2.61. The number of aliphatic hydroxyl groups excluding tert-OH is 1. The van der Waals surface area contributed by atoms with E-state index in [9.17, 15) is 38.7 Å². The molecule has 0 aromatic heterocycles. The molecule has 1 aliphatic rings. The Morgan fingerprint density at radius 3 is 2.11 bits per heavy atom. The number of nitrogens with one attached hydrogen (secondary N) is 4. The van der Waals surface area contributed by atoms with Gasteiger partial charge in [0.25, 0.3) is 0 Å². The Morgan fingerprint density at radius 1 is 0.936 bits per heavy atom. The molecule has 0 aliphatic carbocycles. The van der Waals surface area contributed by atoms with E-state index < -0.39 is 96.8 Å². The number of nitrogens with zero attached hydrogens (tertiary/aromatic N) is 1. The van der Waals surface area contributed by atoms with Crippen LogP contribution in [0, 0.1) is 11.8 Å². The Balaban J connectivity index is 3.62. The first kappa shape index (κ1) is 41.2. The fraction of sp³-hybridized carbons (Fsp3) is 0.774. The number of primary amides is 1. The number of amides is 6. The zero-order valence-corrected chi connectivity index (χ0v) is 28.5. The number of esters is 1. The van der Waals surface area contributed by atoms with Crippen molar-refractivity contribution in [2.24, 2.45) is 23.3 Å². The van der Waals surface area contributed by atoms with Gasteiger partial charge in [-0.15, -0.1) is 0 Å². The average Bonchev–Trinajstić information content (AvgIpc) is 3.01. The first-order chi connectivity index (χ1) is 22.0. The van der Waals surface area contributed by atoms with Crippen LogP contribution >= 0.6 is 0 Å². The lowest BCUT2D eigenvalue weighted by atomic mass is 9.95. The summed E-state index contributed by atoms with van der Waals surface area (Å²) in [4.78, 5) is 92.7. The highest BCUT2D eigenvalue weighted by atomic mass is 16.5. The molecule has 0 spiro atoms. The highest BCUT2D eigenvalue weighted by Crippen LogP contribution is 2.21. The maximum absolute atomic E-state index is 13.8. The van der Waals surface area contributed by atoms with Crippen molar-refractivity contribution < 1.29 is 43.4 Å². The molecule has 1 fully saturated rings. The third kappa shape index (κ3) is 13.8. The van der Waals surface area contributed by atoms with Gasteiger partial charge in [0.2, 0.25) is 35.4 Å². The molecule has 0 saturated carbocycles. The molecule has 1 aliphatic heterocycles. The first-order valence-corrected chi connectivity index (χ1v) is 16.3. The second-order valence-electron chi connectivity index (χ2n) is 12.6. The van der Waals surface area contributed by atoms with E-state index in [4.69, 9.17) is 16.2 Å². The van der Waals surface area contributed by atoms with Crippen LogP contribution in [0.25, 0.3) is 0 Å². The van der Waals surface area contributed by atoms with Crippen molar-refractivity contribution in [3.8, 4) is 0 Å². The smallest absolute Gasteiger partial charge is 0.325 e. The molecular weight excluding hydrogens is 614 g/mol. The molecule has 7 atom stereocenters. The molecule has 1 heterocycles. The maximum Gasteiger partial charge on any atom is 0.325 e. The van der Waals surface area contributed by atoms with Crippen LogP contribution in [0.4, 0.5) is 0 Å². The van der Waals surface area contributed by atoms with Crippen LogP contribution < -0.4 is 32.7 Å². The molecule has 0 aromatic rings. The summed E-state index contributed by atoms with van der Waals surface area (Å²) in [5.74, 6) is -6.37. The summed E-state index contributed by atoms with van der Waals surface area (Å²) < 4.78 is 5.69. The number of unbranched alkanes of at least 4 members (excludes halogenated alkanes) is 3. The van der Waals surface area contributed by atoms with Crippen molar-refractivity contribution in [1.29, 1.82) is 0 Å². The van der Waals surface area contributed by atoms with Gasteiger partial charge < -0.3 is 47.5 Å². The summed E-state index contributed by atoms with van der Waals surface area (Å²) in [5, 5.41) is 19.9.